The van der Waals surface area contributed by atoms with Crippen LogP contribution in [0.15, 0.2) is 18.2 Å². The molecule has 0 saturated carbocycles. The van der Waals surface area contributed by atoms with Gasteiger partial charge in [-0.25, -0.2) is 0 Å². The number of nitrogens with one attached hydrogen (secondary N) is 2. The van der Waals surface area contributed by atoms with E-state index in [1.54, 1.807) is 0 Å². The van der Waals surface area contributed by atoms with Crippen LogP contribution >= 0.6 is 24.8 Å². The van der Waals surface area contributed by atoms with E-state index in [0.717, 1.165) is 31.6 Å². The van der Waals surface area contributed by atoms with E-state index in [1.165, 1.54) is 30.6 Å². The van der Waals surface area contributed by atoms with Crippen LogP contribution in [-0.4, -0.2) is 43.0 Å². The van der Waals surface area contributed by atoms with Crippen LogP contribution in [0.5, 0.6) is 0 Å². The minimum Gasteiger partial charge on any atom is -0.384 e. The molecule has 0 bridgehead atoms. The van der Waals surface area contributed by atoms with Gasteiger partial charge in [0.05, 0.1) is 0 Å². The lowest BCUT2D eigenvalue weighted by molar-refractivity contribution is 0.0941. The summed E-state index contributed by atoms with van der Waals surface area (Å²) in [5, 5.41) is 6.41. The summed E-state index contributed by atoms with van der Waals surface area (Å²) in [5.41, 5.74) is 3.22. The number of fused-ring (bicyclic) bond motifs is 1. The standard InChI is InChI=1S/C16H23N3O.2ClH/c1-2-19-9-3-4-14(19)11-18-16(20)13-5-6-15-12(10-13)7-8-17-15;;/h5-6,10,14,17H,2-4,7-9,11H2,1H3,(H,18,20);2*1H. The molecular weight excluding hydrogens is 321 g/mol. The summed E-state index contributed by atoms with van der Waals surface area (Å²) in [6, 6.07) is 6.47. The van der Waals surface area contributed by atoms with Gasteiger partial charge in [0.1, 0.15) is 0 Å². The maximum Gasteiger partial charge on any atom is 0.251 e. The van der Waals surface area contributed by atoms with E-state index in [0.29, 0.717) is 6.04 Å². The summed E-state index contributed by atoms with van der Waals surface area (Å²) < 4.78 is 0. The number of likely N-dealkylation sites (N-methyl/N-ethyl adjacent to an activating group) is 1. The van der Waals surface area contributed by atoms with Crippen LogP contribution in [0.4, 0.5) is 5.69 Å². The highest BCUT2D eigenvalue weighted by Crippen LogP contribution is 2.23. The van der Waals surface area contributed by atoms with Gasteiger partial charge < -0.3 is 10.6 Å². The van der Waals surface area contributed by atoms with Crippen LogP contribution in [-0.2, 0) is 6.42 Å². The maximum atomic E-state index is 12.2. The monoisotopic (exact) mass is 345 g/mol. The number of halogens is 2. The van der Waals surface area contributed by atoms with Gasteiger partial charge in [-0.1, -0.05) is 6.92 Å². The molecule has 3 rings (SSSR count). The zero-order valence-corrected chi connectivity index (χ0v) is 14.6. The van der Waals surface area contributed by atoms with Crippen molar-refractivity contribution in [2.75, 3.05) is 31.5 Å². The summed E-state index contributed by atoms with van der Waals surface area (Å²) in [6.45, 7) is 6.18. The Labute approximate surface area is 144 Å². The second-order valence-electron chi connectivity index (χ2n) is 5.68. The van der Waals surface area contributed by atoms with Crippen LogP contribution in [0.25, 0.3) is 0 Å². The maximum absolute atomic E-state index is 12.2. The molecule has 1 fully saturated rings. The molecule has 6 heteroatoms. The van der Waals surface area contributed by atoms with Crippen molar-refractivity contribution in [1.29, 1.82) is 0 Å². The molecule has 0 radical (unpaired) electrons. The Morgan fingerprint density at radius 3 is 3.00 bits per heavy atom. The molecule has 1 unspecified atom stereocenters. The van der Waals surface area contributed by atoms with Crippen molar-refractivity contribution < 1.29 is 4.79 Å². The number of benzene rings is 1. The normalized spacial score (nSPS) is 19.6. The van der Waals surface area contributed by atoms with Gasteiger partial charge >= 0.3 is 0 Å². The van der Waals surface area contributed by atoms with Gasteiger partial charge in [0.2, 0.25) is 0 Å². The van der Waals surface area contributed by atoms with Crippen molar-refractivity contribution in [1.82, 2.24) is 10.2 Å². The Morgan fingerprint density at radius 1 is 1.41 bits per heavy atom. The lowest BCUT2D eigenvalue weighted by Gasteiger charge is -2.22. The molecule has 1 aromatic rings. The van der Waals surface area contributed by atoms with E-state index in [-0.39, 0.29) is 30.7 Å². The van der Waals surface area contributed by atoms with E-state index >= 15 is 0 Å². The van der Waals surface area contributed by atoms with Crippen molar-refractivity contribution in [2.45, 2.75) is 32.2 Å². The molecule has 1 amide bonds. The molecular formula is C16H25Cl2N3O. The van der Waals surface area contributed by atoms with Crippen molar-refractivity contribution in [2.24, 2.45) is 0 Å². The molecule has 1 atom stereocenters. The van der Waals surface area contributed by atoms with Crippen LogP contribution in [0.3, 0.4) is 0 Å². The molecule has 0 aliphatic carbocycles. The van der Waals surface area contributed by atoms with Crippen molar-refractivity contribution >= 4 is 36.4 Å². The summed E-state index contributed by atoms with van der Waals surface area (Å²) in [6.07, 6.45) is 3.46. The number of hydrogen-bond acceptors (Lipinski definition) is 3. The van der Waals surface area contributed by atoms with E-state index in [2.05, 4.69) is 22.5 Å². The molecule has 0 spiro atoms. The predicted octanol–water partition coefficient (Wildman–Crippen LogP) is 2.71. The molecule has 22 heavy (non-hydrogen) atoms. The van der Waals surface area contributed by atoms with Crippen molar-refractivity contribution in [3.63, 3.8) is 0 Å². The Bertz CT molecular complexity index is 510. The van der Waals surface area contributed by atoms with Gasteiger partial charge in [-0.3, -0.25) is 9.69 Å². The molecule has 0 aromatic heterocycles. The van der Waals surface area contributed by atoms with E-state index in [9.17, 15) is 4.79 Å². The molecule has 1 saturated heterocycles. The van der Waals surface area contributed by atoms with Crippen molar-refractivity contribution in [3.8, 4) is 0 Å². The average molecular weight is 346 g/mol. The fourth-order valence-corrected chi connectivity index (χ4v) is 3.30. The lowest BCUT2D eigenvalue weighted by Crippen LogP contribution is -2.40. The number of nitrogens with zero attached hydrogens (tertiary/aromatic N) is 1. The first-order valence-electron chi connectivity index (χ1n) is 7.67. The number of carbonyl (C=O) groups excluding carboxylic acids is 1. The molecule has 4 nitrogen and oxygen atoms in total. The first kappa shape index (κ1) is 19.1. The third-order valence-electron chi connectivity index (χ3n) is 4.48. The molecule has 2 N–H and O–H groups in total. The van der Waals surface area contributed by atoms with Crippen LogP contribution in [0, 0.1) is 0 Å². The summed E-state index contributed by atoms with van der Waals surface area (Å²) in [4.78, 5) is 14.7. The Hall–Kier alpha value is -0.970. The fraction of sp³-hybridized carbons (Fsp3) is 0.562. The fourth-order valence-electron chi connectivity index (χ4n) is 3.30. The topological polar surface area (TPSA) is 44.4 Å². The smallest absolute Gasteiger partial charge is 0.251 e. The first-order chi connectivity index (χ1) is 9.78. The van der Waals surface area contributed by atoms with Crippen LogP contribution in [0.1, 0.15) is 35.7 Å². The number of anilines is 1. The van der Waals surface area contributed by atoms with E-state index < -0.39 is 0 Å². The zero-order valence-electron chi connectivity index (χ0n) is 12.9. The number of hydrogen-bond donors (Lipinski definition) is 2. The molecule has 2 heterocycles. The number of amides is 1. The van der Waals surface area contributed by atoms with E-state index in [1.807, 2.05) is 18.2 Å². The minimum atomic E-state index is 0. The summed E-state index contributed by atoms with van der Waals surface area (Å²) in [7, 11) is 0. The summed E-state index contributed by atoms with van der Waals surface area (Å²) >= 11 is 0. The molecule has 2 aliphatic rings. The third-order valence-corrected chi connectivity index (χ3v) is 4.48. The van der Waals surface area contributed by atoms with Gasteiger partial charge in [0.15, 0.2) is 0 Å². The highest BCUT2D eigenvalue weighted by Gasteiger charge is 2.23. The SMILES string of the molecule is CCN1CCCC1CNC(=O)c1ccc2c(c1)CCN2.Cl.Cl. The first-order valence-corrected chi connectivity index (χ1v) is 7.67. The lowest BCUT2D eigenvalue weighted by atomic mass is 10.1. The Kier molecular flexibility index (Phi) is 7.46. The molecule has 2 aliphatic heterocycles. The third kappa shape index (κ3) is 4.06. The second kappa shape index (κ2) is 8.61. The highest BCUT2D eigenvalue weighted by molar-refractivity contribution is 5.95. The molecule has 1 aromatic carbocycles. The Balaban J connectivity index is 0.00000121. The zero-order chi connectivity index (χ0) is 13.9. The van der Waals surface area contributed by atoms with Crippen molar-refractivity contribution in [3.05, 3.63) is 29.3 Å². The Morgan fingerprint density at radius 2 is 2.23 bits per heavy atom. The molecule has 124 valence electrons. The van der Waals surface area contributed by atoms with Gasteiger partial charge in [-0.05, 0) is 56.1 Å². The largest absolute Gasteiger partial charge is 0.384 e. The van der Waals surface area contributed by atoms with Gasteiger partial charge in [-0.15, -0.1) is 24.8 Å². The number of rotatable bonds is 4. The van der Waals surface area contributed by atoms with Crippen LogP contribution < -0.4 is 10.6 Å². The second-order valence-corrected chi connectivity index (χ2v) is 5.68. The highest BCUT2D eigenvalue weighted by atomic mass is 35.5. The van der Waals surface area contributed by atoms with Gasteiger partial charge in [-0.2, -0.15) is 0 Å². The van der Waals surface area contributed by atoms with E-state index in [4.69, 9.17) is 0 Å². The average Bonchev–Trinajstić information content (AvgIpc) is 3.12. The quantitative estimate of drug-likeness (QED) is 0.881. The van der Waals surface area contributed by atoms with Gasteiger partial charge in [0.25, 0.3) is 5.91 Å². The summed E-state index contributed by atoms with van der Waals surface area (Å²) in [5.74, 6) is 0.0580. The van der Waals surface area contributed by atoms with Gasteiger partial charge in [0, 0.05) is 30.4 Å². The number of likely N-dealkylation sites (tertiary alicyclic amines) is 1. The number of carbonyl (C=O) groups is 1. The predicted molar refractivity (Wildman–Crippen MR) is 95.7 cm³/mol. The van der Waals surface area contributed by atoms with Crippen LogP contribution in [0.2, 0.25) is 0 Å². The minimum absolute atomic E-state index is 0.